The van der Waals surface area contributed by atoms with E-state index in [2.05, 4.69) is 5.32 Å². The molecule has 3 N–H and O–H groups in total. The third kappa shape index (κ3) is 4.63. The molecular weight excluding hydrogens is 372 g/mol. The fourth-order valence-electron chi connectivity index (χ4n) is 3.32. The Balaban J connectivity index is 1.63. The summed E-state index contributed by atoms with van der Waals surface area (Å²) >= 11 is 0. The molecule has 1 aliphatic heterocycles. The maximum Gasteiger partial charge on any atom is 0.269 e. The van der Waals surface area contributed by atoms with E-state index in [-0.39, 0.29) is 29.1 Å². The molecule has 1 aromatic rings. The third-order valence-corrected chi connectivity index (χ3v) is 7.06. The lowest BCUT2D eigenvalue weighted by atomic mass is 9.98. The molecule has 148 valence electrons. The molecule has 9 nitrogen and oxygen atoms in total. The monoisotopic (exact) mass is 396 g/mol. The molecule has 1 saturated carbocycles. The zero-order valence-electron chi connectivity index (χ0n) is 14.9. The Morgan fingerprint density at radius 2 is 1.96 bits per heavy atom. The number of amides is 1. The number of nitrogens with zero attached hydrogens (tertiary/aromatic N) is 2. The largest absolute Gasteiger partial charge is 0.354 e. The Morgan fingerprint density at radius 3 is 2.56 bits per heavy atom. The van der Waals surface area contributed by atoms with Crippen LogP contribution in [0, 0.1) is 22.0 Å². The SMILES string of the molecule is NC(CNC(=O)C1CCCN(S(=O)(=O)c2ccc([N+](=O)[O-])cc2)C1)C1CC1. The normalized spacial score (nSPS) is 22.2. The molecule has 1 saturated heterocycles. The number of rotatable bonds is 7. The van der Waals surface area contributed by atoms with Gasteiger partial charge in [-0.25, -0.2) is 8.42 Å². The highest BCUT2D eigenvalue weighted by Gasteiger charge is 2.34. The lowest BCUT2D eigenvalue weighted by molar-refractivity contribution is -0.384. The summed E-state index contributed by atoms with van der Waals surface area (Å²) in [5.74, 6) is -0.108. The van der Waals surface area contributed by atoms with E-state index in [1.165, 1.54) is 28.6 Å². The lowest BCUT2D eigenvalue weighted by Crippen LogP contribution is -2.47. The molecule has 0 spiro atoms. The second kappa shape index (κ2) is 7.91. The molecule has 2 atom stereocenters. The smallest absolute Gasteiger partial charge is 0.269 e. The van der Waals surface area contributed by atoms with Crippen molar-refractivity contribution in [2.75, 3.05) is 19.6 Å². The Labute approximate surface area is 158 Å². The molecule has 1 aliphatic carbocycles. The van der Waals surface area contributed by atoms with Crippen LogP contribution in [0.5, 0.6) is 0 Å². The van der Waals surface area contributed by atoms with Gasteiger partial charge in [0.1, 0.15) is 0 Å². The average Bonchev–Trinajstić information content (AvgIpc) is 3.51. The second-order valence-electron chi connectivity index (χ2n) is 7.20. The van der Waals surface area contributed by atoms with Gasteiger partial charge in [0.2, 0.25) is 15.9 Å². The van der Waals surface area contributed by atoms with Gasteiger partial charge in [-0.05, 0) is 43.7 Å². The van der Waals surface area contributed by atoms with Crippen LogP contribution < -0.4 is 11.1 Å². The van der Waals surface area contributed by atoms with Crippen LogP contribution >= 0.6 is 0 Å². The van der Waals surface area contributed by atoms with Crippen molar-refractivity contribution >= 4 is 21.6 Å². The number of carbonyl (C=O) groups excluding carboxylic acids is 1. The molecule has 2 unspecified atom stereocenters. The van der Waals surface area contributed by atoms with Crippen molar-refractivity contribution in [2.24, 2.45) is 17.6 Å². The van der Waals surface area contributed by atoms with Crippen molar-refractivity contribution in [3.63, 3.8) is 0 Å². The number of non-ortho nitro benzene ring substituents is 1. The van der Waals surface area contributed by atoms with Crippen LogP contribution in [0.1, 0.15) is 25.7 Å². The molecule has 0 bridgehead atoms. The van der Waals surface area contributed by atoms with Crippen LogP contribution in [-0.4, -0.2) is 49.2 Å². The van der Waals surface area contributed by atoms with Gasteiger partial charge < -0.3 is 11.1 Å². The number of carbonyl (C=O) groups is 1. The zero-order valence-corrected chi connectivity index (χ0v) is 15.7. The summed E-state index contributed by atoms with van der Waals surface area (Å²) in [5.41, 5.74) is 5.82. The van der Waals surface area contributed by atoms with Crippen LogP contribution in [0.4, 0.5) is 5.69 Å². The maximum absolute atomic E-state index is 12.8. The number of nitrogens with two attached hydrogens (primary N) is 1. The number of benzene rings is 1. The third-order valence-electron chi connectivity index (χ3n) is 5.18. The fourth-order valence-corrected chi connectivity index (χ4v) is 4.84. The van der Waals surface area contributed by atoms with E-state index in [1.807, 2.05) is 0 Å². The highest BCUT2D eigenvalue weighted by Crippen LogP contribution is 2.31. The first-order chi connectivity index (χ1) is 12.8. The molecule has 2 aliphatic rings. The molecular formula is C17H24N4O5S. The summed E-state index contributed by atoms with van der Waals surface area (Å²) in [6.45, 7) is 0.837. The average molecular weight is 396 g/mol. The Morgan fingerprint density at radius 1 is 1.30 bits per heavy atom. The van der Waals surface area contributed by atoms with Gasteiger partial charge in [0.25, 0.3) is 5.69 Å². The van der Waals surface area contributed by atoms with Crippen LogP contribution in [-0.2, 0) is 14.8 Å². The molecule has 2 fully saturated rings. The first-order valence-corrected chi connectivity index (χ1v) is 10.5. The van der Waals surface area contributed by atoms with Crippen molar-refractivity contribution in [1.29, 1.82) is 0 Å². The number of nitro benzene ring substituents is 1. The minimum Gasteiger partial charge on any atom is -0.354 e. The van der Waals surface area contributed by atoms with Crippen molar-refractivity contribution in [3.8, 4) is 0 Å². The van der Waals surface area contributed by atoms with E-state index in [4.69, 9.17) is 5.73 Å². The van der Waals surface area contributed by atoms with E-state index in [0.717, 1.165) is 12.8 Å². The molecule has 1 heterocycles. The van der Waals surface area contributed by atoms with Gasteiger partial charge in [-0.15, -0.1) is 0 Å². The highest BCUT2D eigenvalue weighted by atomic mass is 32.2. The van der Waals surface area contributed by atoms with Gasteiger partial charge in [-0.1, -0.05) is 0 Å². The minimum atomic E-state index is -3.80. The van der Waals surface area contributed by atoms with E-state index >= 15 is 0 Å². The quantitative estimate of drug-likeness (QED) is 0.518. The van der Waals surface area contributed by atoms with E-state index in [9.17, 15) is 23.3 Å². The summed E-state index contributed by atoms with van der Waals surface area (Å²) in [6, 6.07) is 4.75. The standard InChI is InChI=1S/C17H24N4O5S/c18-16(12-3-4-12)10-19-17(22)13-2-1-9-20(11-13)27(25,26)15-7-5-14(6-8-15)21(23)24/h5-8,12-13,16H,1-4,9-11,18H2,(H,19,22). The molecule has 1 amide bonds. The Hall–Kier alpha value is -2.04. The first kappa shape index (κ1) is 19.7. The number of nitrogens with one attached hydrogen (secondary N) is 1. The lowest BCUT2D eigenvalue weighted by Gasteiger charge is -2.31. The van der Waals surface area contributed by atoms with Crippen molar-refractivity contribution in [2.45, 2.75) is 36.6 Å². The van der Waals surface area contributed by atoms with Gasteiger partial charge in [-0.2, -0.15) is 4.31 Å². The molecule has 1 aromatic carbocycles. The van der Waals surface area contributed by atoms with Gasteiger partial charge in [0.15, 0.2) is 0 Å². The topological polar surface area (TPSA) is 136 Å². The summed E-state index contributed by atoms with van der Waals surface area (Å²) in [5, 5.41) is 13.6. The van der Waals surface area contributed by atoms with Gasteiger partial charge in [0, 0.05) is 37.8 Å². The number of sulfonamides is 1. The Kier molecular flexibility index (Phi) is 5.78. The van der Waals surface area contributed by atoms with Crippen LogP contribution in [0.3, 0.4) is 0 Å². The van der Waals surface area contributed by atoms with Crippen LogP contribution in [0.15, 0.2) is 29.2 Å². The number of piperidine rings is 1. The number of hydrogen-bond donors (Lipinski definition) is 2. The number of nitro groups is 1. The summed E-state index contributed by atoms with van der Waals surface area (Å²) < 4.78 is 26.9. The van der Waals surface area contributed by atoms with Crippen LogP contribution in [0.2, 0.25) is 0 Å². The van der Waals surface area contributed by atoms with Crippen molar-refractivity contribution in [3.05, 3.63) is 34.4 Å². The van der Waals surface area contributed by atoms with Crippen molar-refractivity contribution < 1.29 is 18.1 Å². The zero-order chi connectivity index (χ0) is 19.6. The maximum atomic E-state index is 12.8. The molecule has 0 radical (unpaired) electrons. The molecule has 10 heteroatoms. The molecule has 27 heavy (non-hydrogen) atoms. The van der Waals surface area contributed by atoms with E-state index in [0.29, 0.717) is 31.8 Å². The molecule has 0 aromatic heterocycles. The van der Waals surface area contributed by atoms with Gasteiger partial charge in [0.05, 0.1) is 15.7 Å². The molecule has 3 rings (SSSR count). The predicted molar refractivity (Wildman–Crippen MR) is 98.3 cm³/mol. The van der Waals surface area contributed by atoms with Gasteiger partial charge >= 0.3 is 0 Å². The first-order valence-electron chi connectivity index (χ1n) is 9.07. The minimum absolute atomic E-state index is 0.00934. The predicted octanol–water partition coefficient (Wildman–Crippen LogP) is 0.849. The highest BCUT2D eigenvalue weighted by molar-refractivity contribution is 7.89. The number of hydrogen-bond acceptors (Lipinski definition) is 6. The van der Waals surface area contributed by atoms with E-state index < -0.39 is 20.9 Å². The van der Waals surface area contributed by atoms with E-state index in [1.54, 1.807) is 0 Å². The summed E-state index contributed by atoms with van der Waals surface area (Å²) in [4.78, 5) is 22.6. The van der Waals surface area contributed by atoms with Crippen LogP contribution in [0.25, 0.3) is 0 Å². The van der Waals surface area contributed by atoms with Crippen molar-refractivity contribution in [1.82, 2.24) is 9.62 Å². The summed E-state index contributed by atoms with van der Waals surface area (Å²) in [7, 11) is -3.80. The fraction of sp³-hybridized carbons (Fsp3) is 0.588. The summed E-state index contributed by atoms with van der Waals surface area (Å²) in [6.07, 6.45) is 3.40. The Bertz CT molecular complexity index is 807. The van der Waals surface area contributed by atoms with Gasteiger partial charge in [-0.3, -0.25) is 14.9 Å². The second-order valence-corrected chi connectivity index (χ2v) is 9.14.